The third-order valence-electron chi connectivity index (χ3n) is 3.59. The maximum Gasteiger partial charge on any atom is 0.215 e. The van der Waals surface area contributed by atoms with Gasteiger partial charge in [0.05, 0.1) is 35.9 Å². The van der Waals surface area contributed by atoms with Crippen molar-refractivity contribution >= 4 is 45.7 Å². The lowest BCUT2D eigenvalue weighted by Gasteiger charge is -2.14. The Morgan fingerprint density at radius 1 is 1.38 bits per heavy atom. The molecular formula is C17H18N4O2S. The number of anilines is 1. The fraction of sp³-hybridized carbons (Fsp3) is 0.235. The summed E-state index contributed by atoms with van der Waals surface area (Å²) in [6.07, 6.45) is 5.66. The van der Waals surface area contributed by atoms with E-state index < -0.39 is 0 Å². The summed E-state index contributed by atoms with van der Waals surface area (Å²) in [6, 6.07) is 5.58. The van der Waals surface area contributed by atoms with Crippen LogP contribution in [0.4, 0.5) is 11.4 Å². The normalized spacial score (nSPS) is 11.3. The Bertz CT molecular complexity index is 868. The number of carbonyl (C=O) groups is 1. The molecule has 0 saturated heterocycles. The predicted molar refractivity (Wildman–Crippen MR) is 97.2 cm³/mol. The van der Waals surface area contributed by atoms with E-state index >= 15 is 0 Å². The maximum atomic E-state index is 11.3. The summed E-state index contributed by atoms with van der Waals surface area (Å²) in [6.45, 7) is 2.36. The number of aliphatic imine (C=N–C) groups is 1. The second kappa shape index (κ2) is 6.84. The van der Waals surface area contributed by atoms with Crippen molar-refractivity contribution in [1.29, 1.82) is 0 Å². The first-order valence-corrected chi connectivity index (χ1v) is 8.25. The van der Waals surface area contributed by atoms with Crippen LogP contribution < -0.4 is 4.90 Å². The Kier molecular flexibility index (Phi) is 4.61. The summed E-state index contributed by atoms with van der Waals surface area (Å²) in [7, 11) is 3.98. The summed E-state index contributed by atoms with van der Waals surface area (Å²) in [5, 5.41) is 1.00. The van der Waals surface area contributed by atoms with E-state index in [1.165, 1.54) is 11.2 Å². The van der Waals surface area contributed by atoms with Gasteiger partial charge in [0.25, 0.3) is 0 Å². The molecule has 0 aliphatic carbocycles. The molecule has 0 atom stereocenters. The van der Waals surface area contributed by atoms with E-state index in [9.17, 15) is 4.79 Å². The molecule has 0 aliphatic rings. The third-order valence-corrected chi connectivity index (χ3v) is 4.59. The number of carbonyl (C=O) groups excluding carboxylic acids is 1. The molecule has 0 saturated carbocycles. The van der Waals surface area contributed by atoms with Gasteiger partial charge in [0.2, 0.25) is 6.41 Å². The SMILES string of the molecule is Cc1sc2nccc(N(C)C)c2c1N=CN(C=O)Cc1ccco1. The summed E-state index contributed by atoms with van der Waals surface area (Å²) in [5.74, 6) is 0.705. The molecule has 3 aromatic rings. The molecule has 0 aromatic carbocycles. The Morgan fingerprint density at radius 2 is 2.21 bits per heavy atom. The van der Waals surface area contributed by atoms with Crippen LogP contribution >= 0.6 is 11.3 Å². The molecule has 0 fully saturated rings. The van der Waals surface area contributed by atoms with Crippen molar-refractivity contribution in [2.45, 2.75) is 13.5 Å². The molecular weight excluding hydrogens is 324 g/mol. The number of amides is 1. The van der Waals surface area contributed by atoms with Gasteiger partial charge in [-0.1, -0.05) is 0 Å². The molecule has 3 aromatic heterocycles. The topological polar surface area (TPSA) is 61.9 Å². The first kappa shape index (κ1) is 16.2. The van der Waals surface area contributed by atoms with Gasteiger partial charge in [-0.15, -0.1) is 11.3 Å². The molecule has 24 heavy (non-hydrogen) atoms. The van der Waals surface area contributed by atoms with Crippen molar-refractivity contribution in [3.63, 3.8) is 0 Å². The van der Waals surface area contributed by atoms with Crippen LogP contribution in [0.15, 0.2) is 40.1 Å². The number of thiophene rings is 1. The zero-order valence-corrected chi connectivity index (χ0v) is 14.6. The van der Waals surface area contributed by atoms with Crippen LogP contribution in [0.25, 0.3) is 10.2 Å². The first-order chi connectivity index (χ1) is 11.6. The van der Waals surface area contributed by atoms with Crippen LogP contribution in [0.3, 0.4) is 0 Å². The summed E-state index contributed by atoms with van der Waals surface area (Å²) in [5.41, 5.74) is 1.90. The van der Waals surface area contributed by atoms with Gasteiger partial charge in [0.1, 0.15) is 10.6 Å². The number of aromatic nitrogens is 1. The molecule has 0 bridgehead atoms. The van der Waals surface area contributed by atoms with E-state index in [4.69, 9.17) is 4.42 Å². The van der Waals surface area contributed by atoms with Gasteiger partial charge in [-0.25, -0.2) is 9.98 Å². The van der Waals surface area contributed by atoms with E-state index in [0.29, 0.717) is 12.3 Å². The highest BCUT2D eigenvalue weighted by molar-refractivity contribution is 7.19. The smallest absolute Gasteiger partial charge is 0.215 e. The molecule has 124 valence electrons. The van der Waals surface area contributed by atoms with Crippen LogP contribution in [-0.2, 0) is 11.3 Å². The average molecular weight is 342 g/mol. The van der Waals surface area contributed by atoms with Crippen LogP contribution in [0.1, 0.15) is 10.6 Å². The zero-order valence-electron chi connectivity index (χ0n) is 13.8. The van der Waals surface area contributed by atoms with Crippen LogP contribution in [0, 0.1) is 6.92 Å². The predicted octanol–water partition coefficient (Wildman–Crippen LogP) is 3.58. The van der Waals surface area contributed by atoms with Gasteiger partial charge >= 0.3 is 0 Å². The second-order valence-corrected chi connectivity index (χ2v) is 6.72. The molecule has 3 heterocycles. The monoisotopic (exact) mass is 342 g/mol. The third kappa shape index (κ3) is 3.16. The van der Waals surface area contributed by atoms with Crippen LogP contribution in [-0.4, -0.2) is 36.7 Å². The Balaban J connectivity index is 1.96. The van der Waals surface area contributed by atoms with E-state index in [0.717, 1.165) is 32.9 Å². The van der Waals surface area contributed by atoms with Crippen LogP contribution in [0.2, 0.25) is 0 Å². The fourth-order valence-corrected chi connectivity index (χ4v) is 3.41. The number of fused-ring (bicyclic) bond motifs is 1. The summed E-state index contributed by atoms with van der Waals surface area (Å²) >= 11 is 1.60. The maximum absolute atomic E-state index is 11.3. The Hall–Kier alpha value is -2.67. The molecule has 7 heteroatoms. The van der Waals surface area contributed by atoms with Crippen molar-refractivity contribution in [3.8, 4) is 0 Å². The molecule has 0 radical (unpaired) electrons. The highest BCUT2D eigenvalue weighted by Crippen LogP contribution is 2.41. The quantitative estimate of drug-likeness (QED) is 0.390. The number of hydrogen-bond acceptors (Lipinski definition) is 6. The minimum atomic E-state index is 0.347. The van der Waals surface area contributed by atoms with Crippen molar-refractivity contribution in [1.82, 2.24) is 9.88 Å². The van der Waals surface area contributed by atoms with Gasteiger partial charge in [-0.3, -0.25) is 9.69 Å². The summed E-state index contributed by atoms with van der Waals surface area (Å²) < 4.78 is 5.27. The average Bonchev–Trinajstić information content (AvgIpc) is 3.18. The van der Waals surface area contributed by atoms with Crippen molar-refractivity contribution < 1.29 is 9.21 Å². The van der Waals surface area contributed by atoms with E-state index in [2.05, 4.69) is 9.98 Å². The Labute approximate surface area is 144 Å². The van der Waals surface area contributed by atoms with Gasteiger partial charge in [-0.2, -0.15) is 0 Å². The lowest BCUT2D eigenvalue weighted by molar-refractivity contribution is -0.115. The minimum Gasteiger partial charge on any atom is -0.467 e. The lowest BCUT2D eigenvalue weighted by Crippen LogP contribution is -2.18. The highest BCUT2D eigenvalue weighted by atomic mass is 32.1. The number of pyridine rings is 1. The van der Waals surface area contributed by atoms with Gasteiger partial charge in [-0.05, 0) is 25.1 Å². The van der Waals surface area contributed by atoms with E-state index in [1.807, 2.05) is 38.1 Å². The molecule has 0 spiro atoms. The Morgan fingerprint density at radius 3 is 2.88 bits per heavy atom. The van der Waals surface area contributed by atoms with Crippen molar-refractivity contribution in [2.24, 2.45) is 4.99 Å². The lowest BCUT2D eigenvalue weighted by atomic mass is 10.2. The number of rotatable bonds is 6. The van der Waals surface area contributed by atoms with Crippen molar-refractivity contribution in [3.05, 3.63) is 41.3 Å². The zero-order chi connectivity index (χ0) is 17.1. The standard InChI is InChI=1S/C17H18N4O2S/c1-12-16(15-14(20(2)3)6-7-18-17(15)24-12)19-10-21(11-22)9-13-5-4-8-23-13/h4-8,10-11H,9H2,1-3H3. The van der Waals surface area contributed by atoms with Gasteiger partial charge < -0.3 is 9.32 Å². The van der Waals surface area contributed by atoms with E-state index in [1.54, 1.807) is 29.9 Å². The number of aryl methyl sites for hydroxylation is 1. The number of nitrogens with zero attached hydrogens (tertiary/aromatic N) is 4. The van der Waals surface area contributed by atoms with Crippen LogP contribution in [0.5, 0.6) is 0 Å². The minimum absolute atomic E-state index is 0.347. The highest BCUT2D eigenvalue weighted by Gasteiger charge is 2.14. The number of furan rings is 1. The van der Waals surface area contributed by atoms with Gasteiger partial charge in [0.15, 0.2) is 0 Å². The molecule has 6 nitrogen and oxygen atoms in total. The largest absolute Gasteiger partial charge is 0.467 e. The molecule has 0 aliphatic heterocycles. The second-order valence-electron chi connectivity index (χ2n) is 5.51. The molecule has 0 N–H and O–H groups in total. The first-order valence-electron chi connectivity index (χ1n) is 7.43. The molecule has 1 amide bonds. The number of hydrogen-bond donors (Lipinski definition) is 0. The molecule has 3 rings (SSSR count). The fourth-order valence-electron chi connectivity index (χ4n) is 2.45. The van der Waals surface area contributed by atoms with Gasteiger partial charge in [0, 0.05) is 25.2 Å². The van der Waals surface area contributed by atoms with Crippen molar-refractivity contribution in [2.75, 3.05) is 19.0 Å². The summed E-state index contributed by atoms with van der Waals surface area (Å²) in [4.78, 5) is 25.8. The molecule has 0 unspecified atom stereocenters. The van der Waals surface area contributed by atoms with E-state index in [-0.39, 0.29) is 0 Å².